The van der Waals surface area contributed by atoms with Crippen molar-refractivity contribution < 1.29 is 28.5 Å². The van der Waals surface area contributed by atoms with Gasteiger partial charge in [0.25, 0.3) is 11.8 Å². The number of aromatic nitrogens is 2. The molecule has 0 unspecified atom stereocenters. The van der Waals surface area contributed by atoms with E-state index in [0.717, 1.165) is 5.69 Å². The van der Waals surface area contributed by atoms with Crippen LogP contribution in [-0.4, -0.2) is 60.3 Å². The molecule has 1 aliphatic heterocycles. The first-order valence-corrected chi connectivity index (χ1v) is 10.9. The number of hydrogen-bond acceptors (Lipinski definition) is 8. The molecule has 0 saturated heterocycles. The average molecular weight is 479 g/mol. The molecule has 1 N–H and O–H groups in total. The van der Waals surface area contributed by atoms with Crippen LogP contribution in [0.4, 0.5) is 5.82 Å². The van der Waals surface area contributed by atoms with Gasteiger partial charge in [0.1, 0.15) is 29.1 Å². The van der Waals surface area contributed by atoms with Crippen molar-refractivity contribution in [2.24, 2.45) is 0 Å². The van der Waals surface area contributed by atoms with Crippen LogP contribution in [0.15, 0.2) is 48.8 Å². The Morgan fingerprint density at radius 2 is 1.94 bits per heavy atom. The van der Waals surface area contributed by atoms with E-state index in [2.05, 4.69) is 15.3 Å². The van der Waals surface area contributed by atoms with Crippen molar-refractivity contribution in [2.75, 3.05) is 32.8 Å². The number of rotatable bonds is 8. The molecule has 0 bridgehead atoms. The Bertz CT molecular complexity index is 1230. The van der Waals surface area contributed by atoms with Crippen LogP contribution in [0.2, 0.25) is 0 Å². The normalized spacial score (nSPS) is 13.5. The summed E-state index contributed by atoms with van der Waals surface area (Å²) in [6.45, 7) is 4.19. The number of anilines is 1. The summed E-state index contributed by atoms with van der Waals surface area (Å²) in [5.41, 5.74) is 1.50. The molecule has 1 atom stereocenters. The van der Waals surface area contributed by atoms with Gasteiger partial charge in [0.2, 0.25) is 0 Å². The molecular weight excluding hydrogens is 452 g/mol. The van der Waals surface area contributed by atoms with E-state index in [9.17, 15) is 9.59 Å². The van der Waals surface area contributed by atoms with Crippen LogP contribution in [0.1, 0.15) is 33.3 Å². The second kappa shape index (κ2) is 10.4. The van der Waals surface area contributed by atoms with Gasteiger partial charge in [0.15, 0.2) is 12.5 Å². The topological polar surface area (TPSA) is 112 Å². The molecule has 10 heteroatoms. The molecule has 0 spiro atoms. The molecule has 2 amide bonds. The molecule has 0 fully saturated rings. The second-order valence-corrected chi connectivity index (χ2v) is 8.11. The standard InChI is InChI=1S/C25H26N4O6/c1-15-11-27-23(12-26-15)28-24(30)17-7-19(34-16(2)13-32-4)9-20(8-17)35-18-5-6-21-22(10-18)33-14-29(3)25(21)31/h5-12,16H,13-14H2,1-4H3,(H,27,28,30)/t16-/m0/s1. The lowest BCUT2D eigenvalue weighted by Gasteiger charge is -2.25. The SMILES string of the molecule is COC[C@H](C)Oc1cc(Oc2ccc3c(c2)OCN(C)C3=O)cc(C(=O)Nc2cnc(C)cn2)c1. The Balaban J connectivity index is 1.60. The van der Waals surface area contributed by atoms with Crippen molar-refractivity contribution in [3.8, 4) is 23.0 Å². The van der Waals surface area contributed by atoms with Crippen molar-refractivity contribution in [3.63, 3.8) is 0 Å². The minimum atomic E-state index is -0.403. The summed E-state index contributed by atoms with van der Waals surface area (Å²) in [5.74, 6) is 1.47. The number of ether oxygens (including phenoxy) is 4. The Hall–Kier alpha value is -4.18. The van der Waals surface area contributed by atoms with Gasteiger partial charge in [-0.15, -0.1) is 0 Å². The van der Waals surface area contributed by atoms with E-state index in [-0.39, 0.29) is 18.7 Å². The number of methoxy groups -OCH3 is 1. The second-order valence-electron chi connectivity index (χ2n) is 8.11. The average Bonchev–Trinajstić information content (AvgIpc) is 2.83. The van der Waals surface area contributed by atoms with Crippen molar-refractivity contribution in [3.05, 3.63) is 65.6 Å². The number of nitrogens with one attached hydrogen (secondary N) is 1. The lowest BCUT2D eigenvalue weighted by atomic mass is 10.1. The number of nitrogens with zero attached hydrogens (tertiary/aromatic N) is 3. The Morgan fingerprint density at radius 3 is 2.69 bits per heavy atom. The molecule has 1 aromatic heterocycles. The number of aryl methyl sites for hydroxylation is 1. The van der Waals surface area contributed by atoms with E-state index in [1.54, 1.807) is 56.8 Å². The fourth-order valence-corrected chi connectivity index (χ4v) is 3.41. The highest BCUT2D eigenvalue weighted by molar-refractivity contribution is 6.04. The molecule has 0 saturated carbocycles. The van der Waals surface area contributed by atoms with Gasteiger partial charge in [-0.05, 0) is 38.1 Å². The van der Waals surface area contributed by atoms with Gasteiger partial charge >= 0.3 is 0 Å². The van der Waals surface area contributed by atoms with Crippen molar-refractivity contribution in [1.29, 1.82) is 0 Å². The lowest BCUT2D eigenvalue weighted by Crippen LogP contribution is -2.35. The van der Waals surface area contributed by atoms with Gasteiger partial charge < -0.3 is 29.2 Å². The smallest absolute Gasteiger partial charge is 0.259 e. The number of hydrogen-bond donors (Lipinski definition) is 1. The third-order valence-corrected chi connectivity index (χ3v) is 5.08. The number of fused-ring (bicyclic) bond motifs is 1. The molecule has 182 valence electrons. The van der Waals surface area contributed by atoms with Crippen LogP contribution < -0.4 is 19.5 Å². The lowest BCUT2D eigenvalue weighted by molar-refractivity contribution is 0.0595. The van der Waals surface area contributed by atoms with Crippen LogP contribution in [0.25, 0.3) is 0 Å². The fraction of sp³-hybridized carbons (Fsp3) is 0.280. The zero-order chi connectivity index (χ0) is 24.9. The first kappa shape index (κ1) is 24.0. The Kier molecular flexibility index (Phi) is 7.11. The minimum absolute atomic E-state index is 0.126. The quantitative estimate of drug-likeness (QED) is 0.522. The zero-order valence-electron chi connectivity index (χ0n) is 19.9. The number of amides is 2. The molecule has 4 rings (SSSR count). The third-order valence-electron chi connectivity index (χ3n) is 5.08. The minimum Gasteiger partial charge on any atom is -0.488 e. The van der Waals surface area contributed by atoms with E-state index in [4.69, 9.17) is 18.9 Å². The van der Waals surface area contributed by atoms with Gasteiger partial charge in [-0.1, -0.05) is 0 Å². The van der Waals surface area contributed by atoms with Crippen LogP contribution in [0, 0.1) is 6.92 Å². The molecule has 35 heavy (non-hydrogen) atoms. The Labute approximate surface area is 202 Å². The number of benzene rings is 2. The van der Waals surface area contributed by atoms with Crippen molar-refractivity contribution in [2.45, 2.75) is 20.0 Å². The first-order valence-electron chi connectivity index (χ1n) is 10.9. The molecule has 3 aromatic rings. The van der Waals surface area contributed by atoms with E-state index >= 15 is 0 Å². The molecule has 1 aliphatic rings. The highest BCUT2D eigenvalue weighted by Gasteiger charge is 2.23. The maximum absolute atomic E-state index is 12.9. The van der Waals surface area contributed by atoms with Crippen LogP contribution in [-0.2, 0) is 4.74 Å². The summed E-state index contributed by atoms with van der Waals surface area (Å²) in [6.07, 6.45) is 2.79. The van der Waals surface area contributed by atoms with Crippen molar-refractivity contribution in [1.82, 2.24) is 14.9 Å². The van der Waals surface area contributed by atoms with Gasteiger partial charge in [0, 0.05) is 31.9 Å². The summed E-state index contributed by atoms with van der Waals surface area (Å²) >= 11 is 0. The first-order chi connectivity index (χ1) is 16.8. The van der Waals surface area contributed by atoms with Crippen LogP contribution in [0.3, 0.4) is 0 Å². The Morgan fingerprint density at radius 1 is 1.14 bits per heavy atom. The maximum Gasteiger partial charge on any atom is 0.259 e. The predicted molar refractivity (Wildman–Crippen MR) is 127 cm³/mol. The summed E-state index contributed by atoms with van der Waals surface area (Å²) < 4.78 is 22.7. The van der Waals surface area contributed by atoms with Crippen molar-refractivity contribution >= 4 is 17.6 Å². The highest BCUT2D eigenvalue weighted by atomic mass is 16.5. The van der Waals surface area contributed by atoms with E-state index in [1.807, 2.05) is 13.8 Å². The van der Waals surface area contributed by atoms with Gasteiger partial charge in [-0.25, -0.2) is 4.98 Å². The van der Waals surface area contributed by atoms with Crippen LogP contribution >= 0.6 is 0 Å². The van der Waals surface area contributed by atoms with Crippen LogP contribution in [0.5, 0.6) is 23.0 Å². The molecule has 10 nitrogen and oxygen atoms in total. The molecule has 0 aliphatic carbocycles. The summed E-state index contributed by atoms with van der Waals surface area (Å²) in [6, 6.07) is 9.83. The zero-order valence-corrected chi connectivity index (χ0v) is 19.9. The summed E-state index contributed by atoms with van der Waals surface area (Å²) in [4.78, 5) is 35.0. The molecule has 0 radical (unpaired) electrons. The highest BCUT2D eigenvalue weighted by Crippen LogP contribution is 2.33. The molecule has 2 heterocycles. The summed E-state index contributed by atoms with van der Waals surface area (Å²) in [5, 5.41) is 2.72. The largest absolute Gasteiger partial charge is 0.488 e. The molecule has 2 aromatic carbocycles. The maximum atomic E-state index is 12.9. The van der Waals surface area contributed by atoms with Gasteiger partial charge in [-0.2, -0.15) is 0 Å². The van der Waals surface area contributed by atoms with E-state index in [0.29, 0.717) is 46.5 Å². The van der Waals surface area contributed by atoms with E-state index < -0.39 is 5.91 Å². The monoisotopic (exact) mass is 478 g/mol. The third kappa shape index (κ3) is 5.85. The number of carbonyl (C=O) groups excluding carboxylic acids is 2. The van der Waals surface area contributed by atoms with E-state index in [1.165, 1.54) is 11.1 Å². The van der Waals surface area contributed by atoms with Gasteiger partial charge in [-0.3, -0.25) is 14.6 Å². The molecular formula is C25H26N4O6. The fourth-order valence-electron chi connectivity index (χ4n) is 3.41. The number of carbonyl (C=O) groups is 2. The van der Waals surface area contributed by atoms with Gasteiger partial charge in [0.05, 0.1) is 30.3 Å². The predicted octanol–water partition coefficient (Wildman–Crippen LogP) is 3.67. The summed E-state index contributed by atoms with van der Waals surface area (Å²) in [7, 11) is 3.25.